The number of fused-ring (bicyclic) bond motifs is 2. The molecule has 1 aliphatic rings. The number of hydrogen-bond acceptors (Lipinski definition) is 6. The second kappa shape index (κ2) is 9.73. The molecule has 0 saturated carbocycles. The van der Waals surface area contributed by atoms with E-state index in [0.717, 1.165) is 22.8 Å². The van der Waals surface area contributed by atoms with Crippen molar-refractivity contribution in [2.75, 3.05) is 18.6 Å². The molecule has 1 aliphatic heterocycles. The van der Waals surface area contributed by atoms with Gasteiger partial charge in [0.1, 0.15) is 11.5 Å². The van der Waals surface area contributed by atoms with Crippen molar-refractivity contribution in [1.29, 1.82) is 0 Å². The number of carbonyl (C=O) groups excluding carboxylic acids is 2. The number of hydrogen-bond donors (Lipinski definition) is 1. The molecular weight excluding hydrogens is 434 g/mol. The summed E-state index contributed by atoms with van der Waals surface area (Å²) >= 11 is 0. The maximum Gasteiger partial charge on any atom is 0.310 e. The largest absolute Gasteiger partial charge is 0.495 e. The average Bonchev–Trinajstić information content (AvgIpc) is 3.10. The van der Waals surface area contributed by atoms with Crippen LogP contribution in [0.1, 0.15) is 54.9 Å². The Morgan fingerprint density at radius 2 is 1.71 bits per heavy atom. The summed E-state index contributed by atoms with van der Waals surface area (Å²) in [6.45, 7) is 6.05. The molecule has 3 aromatic carbocycles. The summed E-state index contributed by atoms with van der Waals surface area (Å²) in [7, 11) is 1.52. The zero-order valence-electron chi connectivity index (χ0n) is 19.8. The van der Waals surface area contributed by atoms with Crippen molar-refractivity contribution < 1.29 is 28.9 Å². The van der Waals surface area contributed by atoms with Crippen molar-refractivity contribution in [3.63, 3.8) is 0 Å². The third-order valence-electron chi connectivity index (χ3n) is 6.06. The first-order valence-corrected chi connectivity index (χ1v) is 11.5. The van der Waals surface area contributed by atoms with Crippen LogP contribution in [0.4, 0.5) is 5.69 Å². The maximum atomic E-state index is 13.6. The van der Waals surface area contributed by atoms with E-state index < -0.39 is 6.23 Å². The molecule has 0 aromatic heterocycles. The number of rotatable bonds is 8. The predicted octanol–water partition coefficient (Wildman–Crippen LogP) is 4.78. The Kier molecular flexibility index (Phi) is 6.75. The van der Waals surface area contributed by atoms with Gasteiger partial charge in [-0.3, -0.25) is 14.5 Å². The van der Waals surface area contributed by atoms with Gasteiger partial charge in [0.05, 0.1) is 37.4 Å². The van der Waals surface area contributed by atoms with Crippen molar-refractivity contribution in [2.45, 2.75) is 45.9 Å². The third-order valence-corrected chi connectivity index (χ3v) is 6.06. The van der Waals surface area contributed by atoms with Gasteiger partial charge in [-0.15, -0.1) is 0 Å². The smallest absolute Gasteiger partial charge is 0.310 e. The number of methoxy groups -OCH3 is 1. The molecule has 1 N–H and O–H groups in total. The highest BCUT2D eigenvalue weighted by Crippen LogP contribution is 2.50. The Morgan fingerprint density at radius 1 is 1.06 bits per heavy atom. The van der Waals surface area contributed by atoms with Crippen molar-refractivity contribution in [2.24, 2.45) is 0 Å². The summed E-state index contributed by atoms with van der Waals surface area (Å²) in [6.07, 6.45) is -0.461. The van der Waals surface area contributed by atoms with Crippen LogP contribution in [0, 0.1) is 0 Å². The SMILES string of the molecule is CCOC(=O)Cc1ccc(N2C(=O)c3c(c(OC(C)CC)c4ccccc4c3OC)C2O)cc1. The lowest BCUT2D eigenvalue weighted by atomic mass is 9.98. The molecule has 178 valence electrons. The number of esters is 1. The molecule has 7 heteroatoms. The number of carbonyl (C=O) groups is 2. The van der Waals surface area contributed by atoms with Crippen molar-refractivity contribution in [3.8, 4) is 11.5 Å². The summed E-state index contributed by atoms with van der Waals surface area (Å²) in [6, 6.07) is 14.5. The highest BCUT2D eigenvalue weighted by Gasteiger charge is 2.43. The minimum Gasteiger partial charge on any atom is -0.495 e. The normalized spacial score (nSPS) is 15.9. The van der Waals surface area contributed by atoms with Gasteiger partial charge in [-0.25, -0.2) is 0 Å². The molecule has 1 amide bonds. The molecule has 34 heavy (non-hydrogen) atoms. The van der Waals surface area contributed by atoms with Gasteiger partial charge in [0, 0.05) is 16.5 Å². The first-order valence-electron chi connectivity index (χ1n) is 11.5. The van der Waals surface area contributed by atoms with E-state index in [0.29, 0.717) is 34.9 Å². The molecule has 0 saturated heterocycles. The van der Waals surface area contributed by atoms with Crippen LogP contribution in [0.2, 0.25) is 0 Å². The van der Waals surface area contributed by atoms with Crippen LogP contribution in [0.15, 0.2) is 48.5 Å². The fraction of sp³-hybridized carbons (Fsp3) is 0.333. The molecule has 7 nitrogen and oxygen atoms in total. The lowest BCUT2D eigenvalue weighted by Crippen LogP contribution is -2.27. The van der Waals surface area contributed by atoms with Gasteiger partial charge in [0.15, 0.2) is 6.23 Å². The molecule has 0 radical (unpaired) electrons. The standard InChI is InChI=1S/C27H29NO6/c1-5-16(3)34-25-20-10-8-7-9-19(20)24(32-4)22-23(25)27(31)28(26(22)30)18-13-11-17(12-14-18)15-21(29)33-6-2/h7-14,16,27,31H,5-6,15H2,1-4H3. The lowest BCUT2D eigenvalue weighted by Gasteiger charge is -2.23. The summed E-state index contributed by atoms with van der Waals surface area (Å²) in [5.41, 5.74) is 1.95. The van der Waals surface area contributed by atoms with E-state index in [2.05, 4.69) is 0 Å². The quantitative estimate of drug-likeness (QED) is 0.484. The first-order chi connectivity index (χ1) is 16.4. The van der Waals surface area contributed by atoms with Crippen LogP contribution in [0.5, 0.6) is 11.5 Å². The minimum atomic E-state index is -1.25. The second-order valence-corrected chi connectivity index (χ2v) is 8.23. The fourth-order valence-corrected chi connectivity index (χ4v) is 4.25. The Labute approximate surface area is 198 Å². The van der Waals surface area contributed by atoms with Gasteiger partial charge in [-0.05, 0) is 38.0 Å². The number of nitrogens with zero attached hydrogens (tertiary/aromatic N) is 1. The van der Waals surface area contributed by atoms with Crippen molar-refractivity contribution >= 4 is 28.3 Å². The van der Waals surface area contributed by atoms with Crippen LogP contribution in [0.25, 0.3) is 10.8 Å². The summed E-state index contributed by atoms with van der Waals surface area (Å²) < 4.78 is 16.9. The average molecular weight is 464 g/mol. The van der Waals surface area contributed by atoms with Gasteiger partial charge in [0.2, 0.25) is 0 Å². The predicted molar refractivity (Wildman–Crippen MR) is 129 cm³/mol. The molecule has 1 heterocycles. The molecule has 2 unspecified atom stereocenters. The van der Waals surface area contributed by atoms with Crippen LogP contribution in [-0.2, 0) is 16.0 Å². The number of anilines is 1. The van der Waals surface area contributed by atoms with E-state index in [9.17, 15) is 14.7 Å². The zero-order valence-corrected chi connectivity index (χ0v) is 19.8. The van der Waals surface area contributed by atoms with Crippen molar-refractivity contribution in [1.82, 2.24) is 0 Å². The monoisotopic (exact) mass is 463 g/mol. The fourth-order valence-electron chi connectivity index (χ4n) is 4.25. The van der Waals surface area contributed by atoms with Crippen LogP contribution >= 0.6 is 0 Å². The molecule has 2 atom stereocenters. The minimum absolute atomic E-state index is 0.112. The number of aliphatic hydroxyl groups is 1. The van der Waals surface area contributed by atoms with Gasteiger partial charge in [-0.1, -0.05) is 43.3 Å². The van der Waals surface area contributed by atoms with E-state index in [1.165, 1.54) is 12.0 Å². The third kappa shape index (κ3) is 4.07. The van der Waals surface area contributed by atoms with Gasteiger partial charge >= 0.3 is 5.97 Å². The van der Waals surface area contributed by atoms with E-state index in [1.807, 2.05) is 38.1 Å². The zero-order chi connectivity index (χ0) is 24.4. The summed E-state index contributed by atoms with van der Waals surface area (Å²) in [5.74, 6) is 0.205. The van der Waals surface area contributed by atoms with Gasteiger partial charge < -0.3 is 19.3 Å². The Hall–Kier alpha value is -3.58. The molecule has 0 aliphatic carbocycles. The van der Waals surface area contributed by atoms with E-state index in [-0.39, 0.29) is 24.4 Å². The Morgan fingerprint density at radius 3 is 2.29 bits per heavy atom. The van der Waals surface area contributed by atoms with Gasteiger partial charge in [-0.2, -0.15) is 0 Å². The molecule has 0 bridgehead atoms. The van der Waals surface area contributed by atoms with Crippen LogP contribution in [-0.4, -0.2) is 36.8 Å². The Balaban J connectivity index is 1.80. The summed E-state index contributed by atoms with van der Waals surface area (Å²) in [5, 5.41) is 12.9. The van der Waals surface area contributed by atoms with E-state index >= 15 is 0 Å². The molecular formula is C27H29NO6. The molecule has 4 rings (SSSR count). The number of ether oxygens (including phenoxy) is 3. The Bertz CT molecular complexity index is 1220. The second-order valence-electron chi connectivity index (χ2n) is 8.23. The summed E-state index contributed by atoms with van der Waals surface area (Å²) in [4.78, 5) is 26.8. The van der Waals surface area contributed by atoms with E-state index in [1.54, 1.807) is 31.2 Å². The molecule has 0 fully saturated rings. The number of aliphatic hydroxyl groups excluding tert-OH is 1. The number of benzene rings is 3. The first kappa shape index (κ1) is 23.6. The lowest BCUT2D eigenvalue weighted by molar-refractivity contribution is -0.142. The van der Waals surface area contributed by atoms with Crippen LogP contribution < -0.4 is 14.4 Å². The molecule has 3 aromatic rings. The van der Waals surface area contributed by atoms with E-state index in [4.69, 9.17) is 14.2 Å². The topological polar surface area (TPSA) is 85.3 Å². The highest BCUT2D eigenvalue weighted by atomic mass is 16.5. The number of amides is 1. The van der Waals surface area contributed by atoms with Crippen LogP contribution in [0.3, 0.4) is 0 Å². The van der Waals surface area contributed by atoms with Gasteiger partial charge in [0.25, 0.3) is 5.91 Å². The maximum absolute atomic E-state index is 13.6. The van der Waals surface area contributed by atoms with Crippen molar-refractivity contribution in [3.05, 3.63) is 65.2 Å². The molecule has 0 spiro atoms. The highest BCUT2D eigenvalue weighted by molar-refractivity contribution is 6.17.